The Morgan fingerprint density at radius 3 is 0.565 bits per heavy atom. The fourth-order valence-corrected chi connectivity index (χ4v) is 21.9. The molecule has 2 N–H and O–H groups in total. The quantitative estimate of drug-likeness (QED) is 0.106. The first-order valence-electron chi connectivity index (χ1n) is 20.0. The van der Waals surface area contributed by atoms with Gasteiger partial charge in [0.15, 0.2) is 0 Å². The van der Waals surface area contributed by atoms with E-state index >= 15 is 0 Å². The molecule has 0 radical (unpaired) electrons. The van der Waals surface area contributed by atoms with Gasteiger partial charge in [-0.15, -0.1) is 0 Å². The molecule has 0 spiro atoms. The summed E-state index contributed by atoms with van der Waals surface area (Å²) in [6.07, 6.45) is -5.24. The van der Waals surface area contributed by atoms with Gasteiger partial charge in [0, 0.05) is 42.4 Å². The van der Waals surface area contributed by atoms with E-state index in [-0.39, 0.29) is 0 Å². The minimum atomic E-state index is -3.06. The van der Waals surface area contributed by atoms with Crippen molar-refractivity contribution in [2.24, 2.45) is 9.03 Å². The number of hydrogen-bond donors (Lipinski definition) is 2. The van der Waals surface area contributed by atoms with Gasteiger partial charge in [0.25, 0.3) is 0 Å². The molecule has 314 valence electrons. The van der Waals surface area contributed by atoms with Crippen LogP contribution in [0.3, 0.4) is 0 Å². The van der Waals surface area contributed by atoms with Crippen molar-refractivity contribution in [3.05, 3.63) is 243 Å². The molecule has 8 aromatic rings. The second-order valence-corrected chi connectivity index (χ2v) is 35.7. The van der Waals surface area contributed by atoms with Crippen molar-refractivity contribution in [2.75, 3.05) is 0 Å². The molecule has 0 aliphatic rings. The fraction of sp³-hybridized carbons (Fsp3) is 0.0588. The van der Waals surface area contributed by atoms with Gasteiger partial charge in [0.1, 0.15) is 26.9 Å². The second kappa shape index (κ2) is 22.7. The minimum absolute atomic E-state index is 0.450. The van der Waals surface area contributed by atoms with Crippen molar-refractivity contribution in [2.45, 2.75) is 14.6 Å². The Balaban J connectivity index is 0.000000191. The summed E-state index contributed by atoms with van der Waals surface area (Å²) in [5.41, 5.74) is 0. The summed E-state index contributed by atoms with van der Waals surface area (Å²) >= 11 is 12.1. The molecule has 62 heavy (non-hydrogen) atoms. The third-order valence-electron chi connectivity index (χ3n) is 9.40. The number of benzene rings is 8. The Hall–Kier alpha value is -3.74. The zero-order valence-corrected chi connectivity index (χ0v) is 42.7. The molecule has 0 bridgehead atoms. The predicted molar refractivity (Wildman–Crippen MR) is 284 cm³/mol. The Labute approximate surface area is 386 Å². The standard InChI is InChI=1S/2C24H21NOP2S.3CH3.Sb/c2*26-27(21-13-5-1-6-14-21,22-15-7-2-8-16-22)25-28(29,23-17-9-3-10-18-23)24-19-11-4-12-20-24;;;;/h2*1-20,26H;3*1H3;. The van der Waals surface area contributed by atoms with Crippen LogP contribution in [0.2, 0.25) is 14.6 Å². The summed E-state index contributed by atoms with van der Waals surface area (Å²) in [6.45, 7) is 0. The van der Waals surface area contributed by atoms with Crippen molar-refractivity contribution in [3.8, 4) is 0 Å². The third kappa shape index (κ3) is 11.9. The van der Waals surface area contributed by atoms with Gasteiger partial charge < -0.3 is 9.79 Å². The van der Waals surface area contributed by atoms with Gasteiger partial charge in [0.2, 0.25) is 0 Å². The van der Waals surface area contributed by atoms with Gasteiger partial charge in [-0.25, -0.2) is 9.03 Å². The third-order valence-corrected chi connectivity index (χ3v) is 25.4. The average molecular weight is 1030 g/mol. The van der Waals surface area contributed by atoms with Crippen molar-refractivity contribution in [3.63, 3.8) is 0 Å². The van der Waals surface area contributed by atoms with Crippen LogP contribution in [0, 0.1) is 0 Å². The van der Waals surface area contributed by atoms with Crippen LogP contribution < -0.4 is 42.4 Å². The molecule has 8 rings (SSSR count). The van der Waals surface area contributed by atoms with Crippen molar-refractivity contribution in [1.82, 2.24) is 0 Å². The van der Waals surface area contributed by atoms with E-state index in [1.165, 1.54) is 0 Å². The molecule has 0 heterocycles. The molecule has 0 saturated heterocycles. The van der Waals surface area contributed by atoms with Crippen LogP contribution in [0.15, 0.2) is 252 Å². The zero-order valence-electron chi connectivity index (χ0n) is 34.9. The van der Waals surface area contributed by atoms with Crippen LogP contribution in [0.25, 0.3) is 0 Å². The van der Waals surface area contributed by atoms with Gasteiger partial charge in [-0.2, -0.15) is 0 Å². The normalized spacial score (nSPS) is 11.6. The van der Waals surface area contributed by atoms with E-state index in [1.807, 2.05) is 243 Å². The summed E-state index contributed by atoms with van der Waals surface area (Å²) in [5, 5.41) is 7.16. The molecule has 0 aliphatic heterocycles. The molecule has 0 fully saturated rings. The molecule has 0 saturated carbocycles. The number of nitrogens with zero attached hydrogens (tertiary/aromatic N) is 2. The zero-order chi connectivity index (χ0) is 43.9. The first kappa shape index (κ1) is 47.7. The molecular formula is C51H51N2O2P4S2Sb. The van der Waals surface area contributed by atoms with Crippen molar-refractivity contribution in [1.29, 1.82) is 0 Å². The van der Waals surface area contributed by atoms with Gasteiger partial charge in [-0.3, -0.25) is 0 Å². The van der Waals surface area contributed by atoms with Crippen LogP contribution in [0.5, 0.6) is 0 Å². The Morgan fingerprint density at radius 1 is 0.290 bits per heavy atom. The van der Waals surface area contributed by atoms with Gasteiger partial charge in [-0.05, 0) is 0 Å². The summed E-state index contributed by atoms with van der Waals surface area (Å²) < 4.78 is 10.4. The van der Waals surface area contributed by atoms with E-state index in [9.17, 15) is 9.79 Å². The van der Waals surface area contributed by atoms with Gasteiger partial charge in [0.05, 0.1) is 0 Å². The van der Waals surface area contributed by atoms with Crippen LogP contribution in [-0.2, 0) is 23.6 Å². The Morgan fingerprint density at radius 2 is 0.419 bits per heavy atom. The molecule has 11 heteroatoms. The topological polar surface area (TPSA) is 65.2 Å². The van der Waals surface area contributed by atoms with Crippen LogP contribution >= 0.6 is 26.9 Å². The molecular weight excluding hydrogens is 982 g/mol. The molecule has 0 amide bonds. The molecule has 0 aromatic heterocycles. The maximum atomic E-state index is 12.1. The van der Waals surface area contributed by atoms with Crippen LogP contribution in [0.4, 0.5) is 0 Å². The monoisotopic (exact) mass is 1030 g/mol. The van der Waals surface area contributed by atoms with Gasteiger partial charge >= 0.3 is 34.8 Å². The van der Waals surface area contributed by atoms with E-state index in [2.05, 4.69) is 14.6 Å². The molecule has 8 aromatic carbocycles. The molecule has 0 unspecified atom stereocenters. The SMILES string of the molecule is OP(=NP(=S)(c1ccccc1)c1ccccc1)(c1ccccc1)c1ccccc1.OP(=NP(=S)(c1ccccc1)c1ccccc1)(c1ccccc1)c1ccccc1.[CH3][Sb]([CH3])[CH3]. The number of rotatable bonds is 10. The van der Waals surface area contributed by atoms with E-state index < -0.39 is 47.1 Å². The van der Waals surface area contributed by atoms with Crippen LogP contribution in [0.1, 0.15) is 0 Å². The Bertz CT molecular complexity index is 2440. The van der Waals surface area contributed by atoms with E-state index in [1.54, 1.807) is 0 Å². The average Bonchev–Trinajstić information content (AvgIpc) is 3.33. The molecule has 4 nitrogen and oxygen atoms in total. The van der Waals surface area contributed by atoms with Crippen molar-refractivity contribution < 1.29 is 9.79 Å². The van der Waals surface area contributed by atoms with E-state index in [4.69, 9.17) is 32.6 Å². The number of hydrogen-bond acceptors (Lipinski definition) is 2. The summed E-state index contributed by atoms with van der Waals surface area (Å²) in [6, 6.07) is 78.8. The second-order valence-electron chi connectivity index (χ2n) is 14.6. The van der Waals surface area contributed by atoms with Crippen LogP contribution in [-0.4, -0.2) is 30.0 Å². The fourth-order valence-electron chi connectivity index (χ4n) is 6.44. The Kier molecular flexibility index (Phi) is 17.5. The van der Waals surface area contributed by atoms with E-state index in [0.29, 0.717) is 0 Å². The summed E-state index contributed by atoms with van der Waals surface area (Å²) in [5.74, 6) is 0. The first-order chi connectivity index (χ1) is 30.0. The summed E-state index contributed by atoms with van der Waals surface area (Å²) in [4.78, 5) is 31.3. The summed E-state index contributed by atoms with van der Waals surface area (Å²) in [7, 11) is -6.11. The van der Waals surface area contributed by atoms with Crippen molar-refractivity contribution >= 4 is 113 Å². The van der Waals surface area contributed by atoms with E-state index in [0.717, 1.165) is 42.4 Å². The van der Waals surface area contributed by atoms with Gasteiger partial charge in [-0.1, -0.05) is 266 Å². The first-order valence-corrected chi connectivity index (χ1v) is 36.5. The molecule has 0 atom stereocenters. The maximum absolute atomic E-state index is 12.1. The predicted octanol–water partition coefficient (Wildman–Crippen LogP) is 11.0. The molecule has 0 aliphatic carbocycles.